The molecule has 2 aliphatic rings. The fraction of sp³-hybridized carbons (Fsp3) is 0.250. The molecule has 5 N–H and O–H groups in total. The molecular weight excluding hydrogens is 550 g/mol. The van der Waals surface area contributed by atoms with Crippen molar-refractivity contribution in [2.75, 3.05) is 12.0 Å². The predicted molar refractivity (Wildman–Crippen MR) is 159 cm³/mol. The molecule has 4 aromatic rings. The van der Waals surface area contributed by atoms with Gasteiger partial charge in [-0.05, 0) is 30.9 Å². The Labute approximate surface area is 235 Å². The maximum absolute atomic E-state index is 13.2. The zero-order chi connectivity index (χ0) is 28.8. The lowest BCUT2D eigenvalue weighted by molar-refractivity contribution is -0.122. The summed E-state index contributed by atoms with van der Waals surface area (Å²) in [6, 6.07) is 14.4. The number of rotatable bonds is 5. The van der Waals surface area contributed by atoms with Gasteiger partial charge in [0.25, 0.3) is 21.9 Å². The molecule has 2 aromatic heterocycles. The van der Waals surface area contributed by atoms with Gasteiger partial charge in [0.05, 0.1) is 22.9 Å². The lowest BCUT2D eigenvalue weighted by atomic mass is 9.94. The number of aromatic nitrogens is 2. The predicted octanol–water partition coefficient (Wildman–Crippen LogP) is 3.71. The molecule has 0 fully saturated rings. The molecule has 0 bridgehead atoms. The van der Waals surface area contributed by atoms with E-state index in [-0.39, 0.29) is 23.0 Å². The summed E-state index contributed by atoms with van der Waals surface area (Å²) in [6.45, 7) is 0. The van der Waals surface area contributed by atoms with E-state index in [1.807, 2.05) is 54.2 Å². The zero-order valence-corrected chi connectivity index (χ0v) is 23.6. The number of thioether (sulfide) groups is 1. The van der Waals surface area contributed by atoms with Crippen molar-refractivity contribution in [3.05, 3.63) is 71.5 Å². The molecule has 10 nitrogen and oxygen atoms in total. The van der Waals surface area contributed by atoms with E-state index in [2.05, 4.69) is 22.1 Å². The molecule has 208 valence electrons. The number of imide groups is 1. The molecule has 1 unspecified atom stereocenters. The van der Waals surface area contributed by atoms with Crippen LogP contribution in [0.5, 0.6) is 0 Å². The number of amides is 2. The highest BCUT2D eigenvalue weighted by molar-refractivity contribution is 8.13. The summed E-state index contributed by atoms with van der Waals surface area (Å²) in [7, 11) is -1.72. The SMILES string of the molecule is CS(=O)(=O)O.Cn1cc(C2=C(c3cn4c5c(cccc35)CCC4CCSC(=N)N)C(=O)NC2=O)c2ccccc21. The summed E-state index contributed by atoms with van der Waals surface area (Å²) in [4.78, 5) is 26.4. The van der Waals surface area contributed by atoms with Crippen LogP contribution in [-0.4, -0.2) is 51.1 Å². The molecule has 0 radical (unpaired) electrons. The molecule has 1 atom stereocenters. The summed E-state index contributed by atoms with van der Waals surface area (Å²) in [5.41, 5.74) is 11.4. The fourth-order valence-electron chi connectivity index (χ4n) is 5.64. The number of fused-ring (bicyclic) bond motifs is 1. The summed E-state index contributed by atoms with van der Waals surface area (Å²) in [6.07, 6.45) is 7.52. The first-order chi connectivity index (χ1) is 18.9. The number of nitrogens with two attached hydrogens (primary N) is 1. The Hall–Kier alpha value is -3.87. The van der Waals surface area contributed by atoms with Gasteiger partial charge in [0.15, 0.2) is 5.17 Å². The first-order valence-corrected chi connectivity index (χ1v) is 15.4. The van der Waals surface area contributed by atoms with Gasteiger partial charge in [0, 0.05) is 58.7 Å². The number of hydrogen-bond donors (Lipinski definition) is 4. The molecule has 4 heterocycles. The Bertz CT molecular complexity index is 1830. The van der Waals surface area contributed by atoms with Gasteiger partial charge < -0.3 is 14.9 Å². The minimum absolute atomic E-state index is 0.130. The highest BCUT2D eigenvalue weighted by Crippen LogP contribution is 2.42. The first-order valence-electron chi connectivity index (χ1n) is 12.6. The van der Waals surface area contributed by atoms with E-state index in [0.29, 0.717) is 17.4 Å². The van der Waals surface area contributed by atoms with Gasteiger partial charge in [-0.2, -0.15) is 8.42 Å². The Morgan fingerprint density at radius 2 is 1.70 bits per heavy atom. The Morgan fingerprint density at radius 1 is 1.07 bits per heavy atom. The summed E-state index contributed by atoms with van der Waals surface area (Å²) < 4.78 is 30.1. The number of aryl methyl sites for hydroxylation is 2. The number of amidine groups is 1. The van der Waals surface area contributed by atoms with Crippen LogP contribution in [0.15, 0.2) is 54.9 Å². The number of carbonyl (C=O) groups is 2. The number of carbonyl (C=O) groups excluding carboxylic acids is 2. The van der Waals surface area contributed by atoms with Crippen LogP contribution in [0.25, 0.3) is 33.0 Å². The molecule has 2 amide bonds. The summed E-state index contributed by atoms with van der Waals surface area (Å²) in [5, 5.41) is 12.1. The molecule has 6 rings (SSSR count). The number of nitrogens with one attached hydrogen (secondary N) is 2. The van der Waals surface area contributed by atoms with Gasteiger partial charge in [0.2, 0.25) is 0 Å². The van der Waals surface area contributed by atoms with Gasteiger partial charge in [0.1, 0.15) is 0 Å². The quantitative estimate of drug-likeness (QED) is 0.121. The van der Waals surface area contributed by atoms with Gasteiger partial charge in [-0.25, -0.2) is 0 Å². The number of benzene rings is 2. The monoisotopic (exact) mass is 579 g/mol. The van der Waals surface area contributed by atoms with Gasteiger partial charge in [-0.15, -0.1) is 0 Å². The number of para-hydroxylation sites is 2. The highest BCUT2D eigenvalue weighted by Gasteiger charge is 2.36. The fourth-order valence-corrected chi connectivity index (χ4v) is 6.25. The number of hydrogen-bond acceptors (Lipinski definition) is 6. The normalized spacial score (nSPS) is 16.8. The van der Waals surface area contributed by atoms with Crippen molar-refractivity contribution in [1.82, 2.24) is 14.5 Å². The van der Waals surface area contributed by atoms with E-state index >= 15 is 0 Å². The lowest BCUT2D eigenvalue weighted by Crippen LogP contribution is -2.22. The van der Waals surface area contributed by atoms with Crippen molar-refractivity contribution in [2.24, 2.45) is 12.8 Å². The second-order valence-corrected chi connectivity index (χ2v) is 12.5. The average molecular weight is 580 g/mol. The molecule has 2 aliphatic heterocycles. The molecule has 0 saturated heterocycles. The first kappa shape index (κ1) is 27.7. The minimum atomic E-state index is -3.67. The highest BCUT2D eigenvalue weighted by atomic mass is 32.2. The van der Waals surface area contributed by atoms with Crippen LogP contribution in [-0.2, 0) is 33.2 Å². The van der Waals surface area contributed by atoms with E-state index < -0.39 is 10.1 Å². The lowest BCUT2D eigenvalue weighted by Gasteiger charge is -2.25. The third-order valence-electron chi connectivity index (χ3n) is 7.15. The third-order valence-corrected chi connectivity index (χ3v) is 7.90. The van der Waals surface area contributed by atoms with Crippen LogP contribution in [0.2, 0.25) is 0 Å². The van der Waals surface area contributed by atoms with Crippen molar-refractivity contribution in [3.8, 4) is 0 Å². The standard InChI is InChI=1S/C27H25N5O2S.CH4O3S/c1-31-13-19(17-6-2-3-8-21(17)31)22-23(26(34)30-25(22)33)20-14-32-16(11-12-35-27(28)29)10-9-15-5-4-7-18(20)24(15)32;1-5(2,3)4/h2-8,13-14,16H,9-12H2,1H3,(H3,28,29)(H,30,33,34);1H3,(H,2,3,4). The van der Waals surface area contributed by atoms with E-state index in [9.17, 15) is 18.0 Å². The Kier molecular flexibility index (Phi) is 7.34. The van der Waals surface area contributed by atoms with Crippen molar-refractivity contribution in [3.63, 3.8) is 0 Å². The van der Waals surface area contributed by atoms with E-state index in [1.165, 1.54) is 17.3 Å². The molecule has 0 aliphatic carbocycles. The van der Waals surface area contributed by atoms with Crippen LogP contribution >= 0.6 is 11.8 Å². The van der Waals surface area contributed by atoms with Crippen LogP contribution < -0.4 is 11.1 Å². The van der Waals surface area contributed by atoms with E-state index in [4.69, 9.17) is 15.7 Å². The van der Waals surface area contributed by atoms with E-state index in [0.717, 1.165) is 57.9 Å². The van der Waals surface area contributed by atoms with E-state index in [1.54, 1.807) is 0 Å². The van der Waals surface area contributed by atoms with Crippen LogP contribution in [0.3, 0.4) is 0 Å². The van der Waals surface area contributed by atoms with Crippen molar-refractivity contribution >= 4 is 71.8 Å². The minimum Gasteiger partial charge on any atom is -0.379 e. The molecule has 2 aromatic carbocycles. The Balaban J connectivity index is 0.000000595. The summed E-state index contributed by atoms with van der Waals surface area (Å²) in [5.74, 6) is 0.0492. The maximum atomic E-state index is 13.2. The molecule has 0 saturated carbocycles. The van der Waals surface area contributed by atoms with Gasteiger partial charge >= 0.3 is 0 Å². The molecule has 12 heteroatoms. The zero-order valence-electron chi connectivity index (χ0n) is 22.0. The van der Waals surface area contributed by atoms with Crippen molar-refractivity contribution < 1.29 is 22.6 Å². The van der Waals surface area contributed by atoms with Crippen LogP contribution in [0.1, 0.15) is 35.6 Å². The average Bonchev–Trinajstić information content (AvgIpc) is 3.51. The Morgan fingerprint density at radius 3 is 2.38 bits per heavy atom. The topological polar surface area (TPSA) is 160 Å². The number of nitrogens with zero attached hydrogens (tertiary/aromatic N) is 2. The molecule has 0 spiro atoms. The van der Waals surface area contributed by atoms with Gasteiger partial charge in [-0.1, -0.05) is 48.2 Å². The molecular formula is C28H29N5O5S2. The summed E-state index contributed by atoms with van der Waals surface area (Å²) >= 11 is 1.36. The second-order valence-electron chi connectivity index (χ2n) is 9.89. The second kappa shape index (κ2) is 10.6. The van der Waals surface area contributed by atoms with Gasteiger partial charge in [-0.3, -0.25) is 24.9 Å². The van der Waals surface area contributed by atoms with Crippen molar-refractivity contribution in [1.29, 1.82) is 5.41 Å². The van der Waals surface area contributed by atoms with Crippen LogP contribution in [0.4, 0.5) is 0 Å². The smallest absolute Gasteiger partial charge is 0.261 e. The largest absolute Gasteiger partial charge is 0.379 e. The molecule has 40 heavy (non-hydrogen) atoms. The third kappa shape index (κ3) is 5.29. The maximum Gasteiger partial charge on any atom is 0.261 e. The van der Waals surface area contributed by atoms with Crippen LogP contribution in [0, 0.1) is 5.41 Å². The van der Waals surface area contributed by atoms with Crippen molar-refractivity contribution in [2.45, 2.75) is 25.3 Å².